The molecule has 2 rings (SSSR count). The van der Waals surface area contributed by atoms with E-state index < -0.39 is 5.91 Å². The summed E-state index contributed by atoms with van der Waals surface area (Å²) in [6, 6.07) is 9.17. The molecule has 0 saturated carbocycles. The average Bonchev–Trinajstić information content (AvgIpc) is 2.46. The number of carbonyl (C=O) groups is 1. The van der Waals surface area contributed by atoms with Crippen LogP contribution in [0.4, 0.5) is 0 Å². The molecule has 0 aliphatic heterocycles. The number of nitrogens with one attached hydrogen (secondary N) is 1. The standard InChI is InChI=1S/C15H16ClN3O/c1-10(12-3-2-6-18-8-12)19-9-13-5-4-11(15(17)20)7-14(13)16/h2-8,10,19H,9H2,1H3,(H2,17,20)/t10-/m0/s1. The Morgan fingerprint density at radius 2 is 2.25 bits per heavy atom. The van der Waals surface area contributed by atoms with Crippen LogP contribution in [0.1, 0.15) is 34.5 Å². The summed E-state index contributed by atoms with van der Waals surface area (Å²) in [7, 11) is 0. The van der Waals surface area contributed by atoms with E-state index in [9.17, 15) is 4.79 Å². The molecule has 20 heavy (non-hydrogen) atoms. The number of benzene rings is 1. The quantitative estimate of drug-likeness (QED) is 0.889. The first-order valence-corrected chi connectivity index (χ1v) is 6.67. The maximum Gasteiger partial charge on any atom is 0.248 e. The molecular formula is C15H16ClN3O. The predicted octanol–water partition coefficient (Wildman–Crippen LogP) is 2.68. The first kappa shape index (κ1) is 14.5. The number of nitrogens with zero attached hydrogens (tertiary/aromatic N) is 1. The Balaban J connectivity index is 2.02. The summed E-state index contributed by atoms with van der Waals surface area (Å²) in [5.74, 6) is -0.477. The molecule has 0 aliphatic carbocycles. The number of aromatic nitrogens is 1. The number of pyridine rings is 1. The second-order valence-corrected chi connectivity index (χ2v) is 4.97. The predicted molar refractivity (Wildman–Crippen MR) is 79.5 cm³/mol. The van der Waals surface area contributed by atoms with Crippen LogP contribution in [0.3, 0.4) is 0 Å². The molecule has 0 spiro atoms. The molecule has 0 bridgehead atoms. The van der Waals surface area contributed by atoms with E-state index in [1.807, 2.05) is 24.4 Å². The molecule has 5 heteroatoms. The van der Waals surface area contributed by atoms with E-state index in [1.165, 1.54) is 0 Å². The first-order chi connectivity index (χ1) is 9.58. The normalized spacial score (nSPS) is 12.1. The van der Waals surface area contributed by atoms with E-state index in [1.54, 1.807) is 18.3 Å². The highest BCUT2D eigenvalue weighted by Crippen LogP contribution is 2.19. The largest absolute Gasteiger partial charge is 0.366 e. The molecule has 0 unspecified atom stereocenters. The van der Waals surface area contributed by atoms with E-state index in [2.05, 4.69) is 17.2 Å². The second kappa shape index (κ2) is 6.50. The summed E-state index contributed by atoms with van der Waals surface area (Å²) in [6.07, 6.45) is 3.57. The van der Waals surface area contributed by atoms with Gasteiger partial charge in [-0.3, -0.25) is 9.78 Å². The molecular weight excluding hydrogens is 274 g/mol. The van der Waals surface area contributed by atoms with Crippen molar-refractivity contribution in [2.24, 2.45) is 5.73 Å². The Morgan fingerprint density at radius 1 is 1.45 bits per heavy atom. The van der Waals surface area contributed by atoms with Crippen molar-refractivity contribution in [3.8, 4) is 0 Å². The van der Waals surface area contributed by atoms with E-state index >= 15 is 0 Å². The maximum atomic E-state index is 11.1. The Kier molecular flexibility index (Phi) is 4.71. The van der Waals surface area contributed by atoms with Gasteiger partial charge in [0.25, 0.3) is 0 Å². The fraction of sp³-hybridized carbons (Fsp3) is 0.200. The number of amides is 1. The average molecular weight is 290 g/mol. The lowest BCUT2D eigenvalue weighted by molar-refractivity contribution is 0.100. The molecule has 104 valence electrons. The van der Waals surface area contributed by atoms with Crippen molar-refractivity contribution < 1.29 is 4.79 Å². The molecule has 1 aromatic carbocycles. The van der Waals surface area contributed by atoms with Crippen molar-refractivity contribution in [1.82, 2.24) is 10.3 Å². The maximum absolute atomic E-state index is 11.1. The van der Waals surface area contributed by atoms with Crippen LogP contribution < -0.4 is 11.1 Å². The lowest BCUT2D eigenvalue weighted by Gasteiger charge is -2.14. The van der Waals surface area contributed by atoms with E-state index in [0.717, 1.165) is 11.1 Å². The van der Waals surface area contributed by atoms with Crippen molar-refractivity contribution in [3.05, 3.63) is 64.4 Å². The summed E-state index contributed by atoms with van der Waals surface area (Å²) >= 11 is 6.14. The van der Waals surface area contributed by atoms with Crippen LogP contribution in [0.5, 0.6) is 0 Å². The monoisotopic (exact) mass is 289 g/mol. The lowest BCUT2D eigenvalue weighted by Crippen LogP contribution is -2.18. The van der Waals surface area contributed by atoms with Crippen LogP contribution >= 0.6 is 11.6 Å². The molecule has 3 N–H and O–H groups in total. The Bertz CT molecular complexity index is 601. The van der Waals surface area contributed by atoms with E-state index in [4.69, 9.17) is 17.3 Å². The van der Waals surface area contributed by atoms with Gasteiger partial charge in [0.1, 0.15) is 0 Å². The Morgan fingerprint density at radius 3 is 2.85 bits per heavy atom. The molecule has 1 amide bonds. The SMILES string of the molecule is C[C@H](NCc1ccc(C(N)=O)cc1Cl)c1cccnc1. The molecule has 4 nitrogen and oxygen atoms in total. The van der Waals surface area contributed by atoms with Crippen LogP contribution in [0.15, 0.2) is 42.7 Å². The van der Waals surface area contributed by atoms with Crippen LogP contribution in [-0.4, -0.2) is 10.9 Å². The number of rotatable bonds is 5. The summed E-state index contributed by atoms with van der Waals surface area (Å²) in [5, 5.41) is 3.90. The van der Waals surface area contributed by atoms with Gasteiger partial charge < -0.3 is 11.1 Å². The highest BCUT2D eigenvalue weighted by molar-refractivity contribution is 6.31. The zero-order chi connectivity index (χ0) is 14.5. The van der Waals surface area contributed by atoms with Crippen molar-refractivity contribution >= 4 is 17.5 Å². The number of hydrogen-bond acceptors (Lipinski definition) is 3. The first-order valence-electron chi connectivity index (χ1n) is 6.29. The molecule has 1 heterocycles. The van der Waals surface area contributed by atoms with Crippen LogP contribution in [-0.2, 0) is 6.54 Å². The van der Waals surface area contributed by atoms with Crippen molar-refractivity contribution in [2.45, 2.75) is 19.5 Å². The number of hydrogen-bond donors (Lipinski definition) is 2. The third-order valence-electron chi connectivity index (χ3n) is 3.12. The van der Waals surface area contributed by atoms with Gasteiger partial charge >= 0.3 is 0 Å². The number of nitrogens with two attached hydrogens (primary N) is 1. The van der Waals surface area contributed by atoms with Crippen LogP contribution in [0, 0.1) is 0 Å². The van der Waals surface area contributed by atoms with Crippen molar-refractivity contribution in [1.29, 1.82) is 0 Å². The highest BCUT2D eigenvalue weighted by Gasteiger charge is 2.08. The zero-order valence-corrected chi connectivity index (χ0v) is 11.9. The molecule has 0 aliphatic rings. The number of carbonyl (C=O) groups excluding carboxylic acids is 1. The summed E-state index contributed by atoms with van der Waals surface area (Å²) < 4.78 is 0. The van der Waals surface area contributed by atoms with Gasteiger partial charge in [-0.2, -0.15) is 0 Å². The van der Waals surface area contributed by atoms with Gasteiger partial charge in [0.05, 0.1) is 0 Å². The van der Waals surface area contributed by atoms with Crippen molar-refractivity contribution in [3.63, 3.8) is 0 Å². The minimum atomic E-state index is -0.477. The Labute approximate surface area is 123 Å². The summed E-state index contributed by atoms with van der Waals surface area (Å²) in [4.78, 5) is 15.1. The van der Waals surface area contributed by atoms with Gasteiger partial charge in [-0.1, -0.05) is 23.7 Å². The fourth-order valence-corrected chi connectivity index (χ4v) is 2.10. The van der Waals surface area contributed by atoms with Crippen LogP contribution in [0.2, 0.25) is 5.02 Å². The Hall–Kier alpha value is -1.91. The number of halogens is 1. The molecule has 1 atom stereocenters. The van der Waals surface area contributed by atoms with Gasteiger partial charge in [-0.05, 0) is 36.2 Å². The molecule has 0 saturated heterocycles. The minimum absolute atomic E-state index is 0.163. The van der Waals surface area contributed by atoms with E-state index in [-0.39, 0.29) is 6.04 Å². The minimum Gasteiger partial charge on any atom is -0.366 e. The fourth-order valence-electron chi connectivity index (χ4n) is 1.86. The number of primary amides is 1. The molecule has 0 radical (unpaired) electrons. The van der Waals surface area contributed by atoms with E-state index in [0.29, 0.717) is 17.1 Å². The third kappa shape index (κ3) is 3.56. The van der Waals surface area contributed by atoms with Crippen molar-refractivity contribution in [2.75, 3.05) is 0 Å². The smallest absolute Gasteiger partial charge is 0.248 e. The third-order valence-corrected chi connectivity index (χ3v) is 3.47. The summed E-state index contributed by atoms with van der Waals surface area (Å²) in [6.45, 7) is 2.66. The van der Waals surface area contributed by atoms with Gasteiger partial charge in [0.2, 0.25) is 5.91 Å². The molecule has 2 aromatic rings. The van der Waals surface area contributed by atoms with Gasteiger partial charge in [0, 0.05) is 35.6 Å². The topological polar surface area (TPSA) is 68.0 Å². The summed E-state index contributed by atoms with van der Waals surface area (Å²) in [5.41, 5.74) is 7.66. The van der Waals surface area contributed by atoms with Gasteiger partial charge in [-0.25, -0.2) is 0 Å². The van der Waals surface area contributed by atoms with Gasteiger partial charge in [0.15, 0.2) is 0 Å². The molecule has 0 fully saturated rings. The molecule has 1 aromatic heterocycles. The van der Waals surface area contributed by atoms with Crippen LogP contribution in [0.25, 0.3) is 0 Å². The second-order valence-electron chi connectivity index (χ2n) is 4.56. The van der Waals surface area contributed by atoms with Gasteiger partial charge in [-0.15, -0.1) is 0 Å². The lowest BCUT2D eigenvalue weighted by atomic mass is 10.1. The zero-order valence-electron chi connectivity index (χ0n) is 11.1. The highest BCUT2D eigenvalue weighted by atomic mass is 35.5.